The van der Waals surface area contributed by atoms with Crippen molar-refractivity contribution in [2.24, 2.45) is 0 Å². The van der Waals surface area contributed by atoms with Gasteiger partial charge in [0.25, 0.3) is 0 Å². The van der Waals surface area contributed by atoms with E-state index < -0.39 is 6.10 Å². The number of aliphatic hydroxyl groups excluding tert-OH is 1. The highest BCUT2D eigenvalue weighted by atomic mass is 128. The molecule has 0 aromatic rings. The van der Waals surface area contributed by atoms with Crippen LogP contribution in [-0.4, -0.2) is 17.0 Å². The Bertz CT molecular complexity index is 63.1. The van der Waals surface area contributed by atoms with Crippen molar-refractivity contribution in [3.63, 3.8) is 0 Å². The summed E-state index contributed by atoms with van der Waals surface area (Å²) in [4.78, 5) is 9.89. The van der Waals surface area contributed by atoms with E-state index in [1.54, 1.807) is 0 Å². The van der Waals surface area contributed by atoms with E-state index in [4.69, 9.17) is 5.11 Å². The zero-order valence-corrected chi connectivity index (χ0v) is 9.00. The highest BCUT2D eigenvalue weighted by Gasteiger charge is 1.97. The normalized spacial score (nSPS) is 11.1. The fourth-order valence-electron chi connectivity index (χ4n) is 0. The third-order valence-corrected chi connectivity index (χ3v) is 0.588. The Labute approximate surface area is 72.4 Å². The molecule has 2 nitrogen and oxygen atoms in total. The summed E-state index contributed by atoms with van der Waals surface area (Å²) in [5, 5.41) is 8.28. The number of carbonyl (C=O) groups excluding carboxylic acids is 1. The van der Waals surface area contributed by atoms with Gasteiger partial charge in [-0.2, -0.15) is 0 Å². The molecular weight excluding hydrogens is 334 g/mol. The third-order valence-electron chi connectivity index (χ3n) is 0.588. The number of aliphatic hydroxyl groups is 1. The lowest BCUT2D eigenvalue weighted by molar-refractivity contribution is -0.124. The maximum absolute atomic E-state index is 9.89. The van der Waals surface area contributed by atoms with Gasteiger partial charge in [-0.05, 0) is 13.8 Å². The molecule has 1 atom stereocenters. The Hall–Kier alpha value is 1.09. The highest BCUT2D eigenvalue weighted by Crippen LogP contribution is 1.89. The van der Waals surface area contributed by atoms with Crippen molar-refractivity contribution in [1.82, 2.24) is 0 Å². The quantitative estimate of drug-likeness (QED) is 0.737. The fourth-order valence-corrected chi connectivity index (χ4v) is 0. The number of hydrogen-bond donors (Lipinski definition) is 1. The monoisotopic (exact) mass is 342 g/mol. The van der Waals surface area contributed by atoms with Gasteiger partial charge in [0.1, 0.15) is 6.10 Å². The van der Waals surface area contributed by atoms with Crippen LogP contribution in [0.1, 0.15) is 13.8 Å². The first-order chi connectivity index (χ1) is 3.64. The predicted molar refractivity (Wildman–Crippen MR) is 50.4 cm³/mol. The van der Waals surface area contributed by atoms with Crippen LogP contribution in [0, 0.1) is 0 Å². The summed E-state index contributed by atoms with van der Waals surface area (Å²) < 4.78 is 0. The highest BCUT2D eigenvalue weighted by molar-refractivity contribution is 15.0. The number of carbonyl (C=O) groups is 1. The molecule has 0 aliphatic rings. The van der Waals surface area contributed by atoms with Gasteiger partial charge in [0.15, 0.2) is 5.78 Å². The lowest BCUT2D eigenvalue weighted by Crippen LogP contribution is -2.10. The molecule has 0 spiro atoms. The summed E-state index contributed by atoms with van der Waals surface area (Å²) in [5.74, 6) is -0.185. The number of ketones is 1. The second-order valence-electron chi connectivity index (χ2n) is 1.29. The molecule has 0 aromatic heterocycles. The maximum atomic E-state index is 9.89. The van der Waals surface area contributed by atoms with Crippen LogP contribution in [0.2, 0.25) is 0 Å². The van der Waals surface area contributed by atoms with E-state index >= 15 is 0 Å². The van der Waals surface area contributed by atoms with Gasteiger partial charge in [0, 0.05) is 37.2 Å². The van der Waals surface area contributed by atoms with Crippen molar-refractivity contribution in [2.45, 2.75) is 20.0 Å². The summed E-state index contributed by atoms with van der Waals surface area (Å²) >= 11 is 4.24. The molecule has 0 radical (unpaired) electrons. The average molecular weight is 342 g/mol. The Morgan fingerprint density at radius 2 is 1.75 bits per heavy atom. The average Bonchev–Trinajstić information content (AvgIpc) is 1.72. The first kappa shape index (κ1) is 11.8. The lowest BCUT2D eigenvalue weighted by atomic mass is 10.3. The van der Waals surface area contributed by atoms with Crippen molar-refractivity contribution in [2.75, 3.05) is 0 Å². The molecule has 1 unspecified atom stereocenters. The molecule has 0 bridgehead atoms. The SMILES string of the molecule is CC(=O)C(C)O.II. The molecule has 0 amide bonds. The Morgan fingerprint density at radius 1 is 1.62 bits per heavy atom. The Morgan fingerprint density at radius 3 is 1.75 bits per heavy atom. The van der Waals surface area contributed by atoms with Crippen LogP contribution in [-0.2, 0) is 4.79 Å². The van der Waals surface area contributed by atoms with Crippen LogP contribution in [0.3, 0.4) is 0 Å². The van der Waals surface area contributed by atoms with Gasteiger partial charge in [-0.25, -0.2) is 0 Å². The first-order valence-electron chi connectivity index (χ1n) is 1.97. The van der Waals surface area contributed by atoms with Gasteiger partial charge in [0.05, 0.1) is 0 Å². The van der Waals surface area contributed by atoms with Gasteiger partial charge in [-0.3, -0.25) is 4.79 Å². The lowest BCUT2D eigenvalue weighted by Gasteiger charge is -1.90. The van der Waals surface area contributed by atoms with Crippen molar-refractivity contribution >= 4 is 43.0 Å². The van der Waals surface area contributed by atoms with Crippen LogP contribution < -0.4 is 0 Å². The zero-order valence-electron chi connectivity index (χ0n) is 4.69. The minimum Gasteiger partial charge on any atom is -0.386 e. The van der Waals surface area contributed by atoms with E-state index in [9.17, 15) is 4.79 Å². The molecule has 0 aliphatic heterocycles. The van der Waals surface area contributed by atoms with Crippen molar-refractivity contribution in [1.29, 1.82) is 0 Å². The first-order valence-corrected chi connectivity index (χ1v) is 8.26. The summed E-state index contributed by atoms with van der Waals surface area (Å²) in [6.07, 6.45) is -0.787. The van der Waals surface area contributed by atoms with E-state index in [0.29, 0.717) is 0 Å². The molecule has 0 saturated heterocycles. The van der Waals surface area contributed by atoms with E-state index in [2.05, 4.69) is 37.2 Å². The third kappa shape index (κ3) is 10.1. The summed E-state index contributed by atoms with van der Waals surface area (Å²) in [6.45, 7) is 2.80. The van der Waals surface area contributed by atoms with Crippen LogP contribution in [0.15, 0.2) is 0 Å². The van der Waals surface area contributed by atoms with Gasteiger partial charge in [0.2, 0.25) is 0 Å². The van der Waals surface area contributed by atoms with E-state index in [1.807, 2.05) is 0 Å². The number of Topliss-reactive ketones (excluding diaryl/α,β-unsaturated/α-hetero) is 1. The molecule has 50 valence electrons. The molecule has 0 rings (SSSR count). The molecule has 0 saturated carbocycles. The second kappa shape index (κ2) is 8.09. The van der Waals surface area contributed by atoms with Gasteiger partial charge < -0.3 is 5.11 Å². The Kier molecular flexibility index (Phi) is 12.0. The Balaban J connectivity index is 0. The molecule has 0 aliphatic carbocycles. The molecule has 4 heteroatoms. The number of rotatable bonds is 1. The molecule has 0 heterocycles. The molecule has 0 fully saturated rings. The molecular formula is C4H8I2O2. The van der Waals surface area contributed by atoms with Crippen LogP contribution in [0.5, 0.6) is 0 Å². The topological polar surface area (TPSA) is 37.3 Å². The molecule has 8 heavy (non-hydrogen) atoms. The standard InChI is InChI=1S/C4H8O2.I2/c1-3(5)4(2)6;1-2/h3,5H,1-2H3;. The largest absolute Gasteiger partial charge is 0.386 e. The molecule has 1 N–H and O–H groups in total. The second-order valence-corrected chi connectivity index (χ2v) is 1.29. The minimum atomic E-state index is -0.787. The van der Waals surface area contributed by atoms with Crippen LogP contribution in [0.25, 0.3) is 0 Å². The van der Waals surface area contributed by atoms with Crippen LogP contribution in [0.4, 0.5) is 0 Å². The maximum Gasteiger partial charge on any atom is 0.157 e. The molecule has 0 aromatic carbocycles. The minimum absolute atomic E-state index is 0.185. The summed E-state index contributed by atoms with van der Waals surface area (Å²) in [7, 11) is 0. The van der Waals surface area contributed by atoms with Crippen LogP contribution >= 0.6 is 37.2 Å². The smallest absolute Gasteiger partial charge is 0.157 e. The summed E-state index contributed by atoms with van der Waals surface area (Å²) in [5.41, 5.74) is 0. The number of halogens is 2. The summed E-state index contributed by atoms with van der Waals surface area (Å²) in [6, 6.07) is 0. The zero-order chi connectivity index (χ0) is 7.15. The van der Waals surface area contributed by atoms with Gasteiger partial charge >= 0.3 is 0 Å². The predicted octanol–water partition coefficient (Wildman–Crippen LogP) is 1.73. The van der Waals surface area contributed by atoms with Crippen molar-refractivity contribution in [3.05, 3.63) is 0 Å². The van der Waals surface area contributed by atoms with Gasteiger partial charge in [-0.15, -0.1) is 0 Å². The van der Waals surface area contributed by atoms with E-state index in [1.165, 1.54) is 13.8 Å². The van der Waals surface area contributed by atoms with E-state index in [-0.39, 0.29) is 5.78 Å². The number of hydrogen-bond acceptors (Lipinski definition) is 2. The van der Waals surface area contributed by atoms with Gasteiger partial charge in [-0.1, -0.05) is 0 Å². The van der Waals surface area contributed by atoms with Crippen molar-refractivity contribution in [3.8, 4) is 0 Å². The van der Waals surface area contributed by atoms with Crippen molar-refractivity contribution < 1.29 is 9.90 Å². The van der Waals surface area contributed by atoms with E-state index in [0.717, 1.165) is 0 Å². The fraction of sp³-hybridized carbons (Fsp3) is 0.750.